The molecule has 0 unspecified atom stereocenters. The number of carbonyl (C=O) groups is 2. The van der Waals surface area contributed by atoms with E-state index in [2.05, 4.69) is 10.5 Å². The molecule has 9 heteroatoms. The molecule has 0 bridgehead atoms. The van der Waals surface area contributed by atoms with Crippen LogP contribution in [0.1, 0.15) is 23.0 Å². The zero-order chi connectivity index (χ0) is 24.1. The normalized spacial score (nSPS) is 11.1. The van der Waals surface area contributed by atoms with Gasteiger partial charge in [0.2, 0.25) is 0 Å². The van der Waals surface area contributed by atoms with Crippen molar-refractivity contribution >= 4 is 51.4 Å². The van der Waals surface area contributed by atoms with Gasteiger partial charge in [0.1, 0.15) is 5.58 Å². The first-order valence-corrected chi connectivity index (χ1v) is 10.8. The zero-order valence-corrected chi connectivity index (χ0v) is 19.2. The van der Waals surface area contributed by atoms with E-state index in [-0.39, 0.29) is 29.7 Å². The highest BCUT2D eigenvalue weighted by atomic mass is 35.5. The topological polar surface area (TPSA) is 99.4 Å². The number of fused-ring (bicyclic) bond motifs is 3. The number of furan rings is 1. The molecule has 174 valence electrons. The number of methoxy groups -OCH3 is 1. The van der Waals surface area contributed by atoms with Gasteiger partial charge in [-0.05, 0) is 47.5 Å². The lowest BCUT2D eigenvalue weighted by Crippen LogP contribution is -2.16. The first-order valence-electron chi connectivity index (χ1n) is 10.4. The number of hydrogen-bond donors (Lipinski definition) is 1. The molecule has 0 aliphatic heterocycles. The Morgan fingerprint density at radius 1 is 1.12 bits per heavy atom. The van der Waals surface area contributed by atoms with E-state index in [0.717, 1.165) is 16.2 Å². The van der Waals surface area contributed by atoms with E-state index in [4.69, 9.17) is 30.2 Å². The number of esters is 1. The lowest BCUT2D eigenvalue weighted by molar-refractivity contribution is -0.145. The summed E-state index contributed by atoms with van der Waals surface area (Å²) in [5.41, 5.74) is 3.60. The molecule has 3 aromatic carbocycles. The Labute approximate surface area is 200 Å². The fourth-order valence-electron chi connectivity index (χ4n) is 3.41. The predicted molar refractivity (Wildman–Crippen MR) is 129 cm³/mol. The molecule has 1 amide bonds. The lowest BCUT2D eigenvalue weighted by atomic mass is 10.1. The van der Waals surface area contributed by atoms with Crippen molar-refractivity contribution in [3.63, 3.8) is 0 Å². The van der Waals surface area contributed by atoms with Crippen LogP contribution in [0.25, 0.3) is 21.7 Å². The van der Waals surface area contributed by atoms with Crippen LogP contribution >= 0.6 is 11.6 Å². The summed E-state index contributed by atoms with van der Waals surface area (Å²) in [5, 5.41) is 7.09. The number of hydrogen-bond acceptors (Lipinski definition) is 7. The molecule has 1 aromatic heterocycles. The summed E-state index contributed by atoms with van der Waals surface area (Å²) < 4.78 is 21.3. The second-order valence-electron chi connectivity index (χ2n) is 7.14. The average Bonchev–Trinajstić information content (AvgIpc) is 3.28. The molecule has 0 aliphatic carbocycles. The van der Waals surface area contributed by atoms with E-state index in [1.165, 1.54) is 13.3 Å². The molecule has 0 aliphatic rings. The van der Waals surface area contributed by atoms with Crippen LogP contribution in [0.15, 0.2) is 64.1 Å². The van der Waals surface area contributed by atoms with Gasteiger partial charge in [-0.15, -0.1) is 0 Å². The van der Waals surface area contributed by atoms with Gasteiger partial charge in [-0.1, -0.05) is 41.9 Å². The molecule has 4 aromatic rings. The number of halogens is 1. The summed E-state index contributed by atoms with van der Waals surface area (Å²) in [5.74, 6) is -0.375. The highest BCUT2D eigenvalue weighted by Gasteiger charge is 2.15. The van der Waals surface area contributed by atoms with Gasteiger partial charge < -0.3 is 18.6 Å². The molecular formula is C25H21ClN2O6. The van der Waals surface area contributed by atoms with Crippen molar-refractivity contribution in [1.82, 2.24) is 5.43 Å². The lowest BCUT2D eigenvalue weighted by Gasteiger charge is -2.12. The third kappa shape index (κ3) is 4.97. The highest BCUT2D eigenvalue weighted by molar-refractivity contribution is 6.32. The summed E-state index contributed by atoms with van der Waals surface area (Å²) in [7, 11) is 1.44. The molecule has 4 rings (SSSR count). The van der Waals surface area contributed by atoms with Gasteiger partial charge in [0.15, 0.2) is 23.9 Å². The maximum Gasteiger partial charge on any atom is 0.344 e. The number of nitrogens with one attached hydrogen (secondary N) is 1. The standard InChI is InChI=1S/C25H21ClN2O6/c1-3-32-23(29)14-33-24-19(26)10-15(11-21(24)31-2)13-27-28-25(30)22-12-18-17-7-5-4-6-16(17)8-9-20(18)34-22/h4-13H,3,14H2,1-2H3,(H,28,30). The van der Waals surface area contributed by atoms with Gasteiger partial charge in [0.05, 0.1) is 25.0 Å². The molecule has 0 radical (unpaired) electrons. The van der Waals surface area contributed by atoms with Crippen molar-refractivity contribution in [1.29, 1.82) is 0 Å². The smallest absolute Gasteiger partial charge is 0.344 e. The van der Waals surface area contributed by atoms with Crippen LogP contribution in [0.4, 0.5) is 0 Å². The van der Waals surface area contributed by atoms with Gasteiger partial charge in [-0.25, -0.2) is 10.2 Å². The Balaban J connectivity index is 1.47. The number of nitrogens with zero attached hydrogens (tertiary/aromatic N) is 1. The fourth-order valence-corrected chi connectivity index (χ4v) is 3.69. The minimum absolute atomic E-state index is 0.141. The van der Waals surface area contributed by atoms with Gasteiger partial charge in [-0.3, -0.25) is 4.79 Å². The number of ether oxygens (including phenoxy) is 3. The van der Waals surface area contributed by atoms with Gasteiger partial charge in [0, 0.05) is 5.39 Å². The van der Waals surface area contributed by atoms with Gasteiger partial charge in [-0.2, -0.15) is 5.10 Å². The Kier molecular flexibility index (Phi) is 6.98. The van der Waals surface area contributed by atoms with Crippen molar-refractivity contribution in [2.45, 2.75) is 6.92 Å². The van der Waals surface area contributed by atoms with E-state index >= 15 is 0 Å². The van der Waals surface area contributed by atoms with E-state index in [1.807, 2.05) is 36.4 Å². The van der Waals surface area contributed by atoms with Crippen molar-refractivity contribution < 1.29 is 28.2 Å². The fraction of sp³-hybridized carbons (Fsp3) is 0.160. The molecule has 0 atom stereocenters. The van der Waals surface area contributed by atoms with Crippen molar-refractivity contribution in [3.05, 3.63) is 70.9 Å². The minimum Gasteiger partial charge on any atom is -0.493 e. The van der Waals surface area contributed by atoms with Crippen LogP contribution in [-0.2, 0) is 9.53 Å². The van der Waals surface area contributed by atoms with E-state index in [0.29, 0.717) is 16.9 Å². The molecule has 1 heterocycles. The molecule has 0 saturated heterocycles. The Morgan fingerprint density at radius 2 is 1.94 bits per heavy atom. The third-order valence-electron chi connectivity index (χ3n) is 4.92. The SMILES string of the molecule is CCOC(=O)COc1c(Cl)cc(C=NNC(=O)c2cc3c(ccc4ccccc43)o2)cc1OC. The molecule has 8 nitrogen and oxygen atoms in total. The third-order valence-corrected chi connectivity index (χ3v) is 5.20. The number of amides is 1. The zero-order valence-electron chi connectivity index (χ0n) is 18.5. The molecule has 0 spiro atoms. The minimum atomic E-state index is -0.521. The van der Waals surface area contributed by atoms with Gasteiger partial charge >= 0.3 is 11.9 Å². The number of carbonyl (C=O) groups excluding carboxylic acids is 2. The predicted octanol–water partition coefficient (Wildman–Crippen LogP) is 4.95. The molecule has 0 saturated carbocycles. The van der Waals surface area contributed by atoms with Crippen molar-refractivity contribution in [2.75, 3.05) is 20.3 Å². The maximum atomic E-state index is 12.6. The second kappa shape index (κ2) is 10.3. The van der Waals surface area contributed by atoms with Crippen LogP contribution in [0.2, 0.25) is 5.02 Å². The van der Waals surface area contributed by atoms with E-state index in [9.17, 15) is 9.59 Å². The highest BCUT2D eigenvalue weighted by Crippen LogP contribution is 2.36. The van der Waals surface area contributed by atoms with Crippen LogP contribution < -0.4 is 14.9 Å². The van der Waals surface area contributed by atoms with Gasteiger partial charge in [0.25, 0.3) is 0 Å². The van der Waals surface area contributed by atoms with Crippen LogP contribution in [0.3, 0.4) is 0 Å². The van der Waals surface area contributed by atoms with E-state index < -0.39 is 11.9 Å². The number of rotatable bonds is 8. The summed E-state index contributed by atoms with van der Waals surface area (Å²) in [6.07, 6.45) is 1.40. The quantitative estimate of drug-likeness (QED) is 0.217. The van der Waals surface area contributed by atoms with Crippen LogP contribution in [0.5, 0.6) is 11.5 Å². The maximum absolute atomic E-state index is 12.6. The summed E-state index contributed by atoms with van der Waals surface area (Å²) in [6.45, 7) is 1.65. The molecule has 1 N–H and O–H groups in total. The first-order chi connectivity index (χ1) is 16.5. The Morgan fingerprint density at radius 3 is 2.74 bits per heavy atom. The summed E-state index contributed by atoms with van der Waals surface area (Å²) >= 11 is 6.28. The van der Waals surface area contributed by atoms with Crippen molar-refractivity contribution in [3.8, 4) is 11.5 Å². The van der Waals surface area contributed by atoms with Crippen molar-refractivity contribution in [2.24, 2.45) is 5.10 Å². The Hall–Kier alpha value is -4.04. The number of benzene rings is 3. The van der Waals surface area contributed by atoms with Crippen LogP contribution in [0, 0.1) is 0 Å². The summed E-state index contributed by atoms with van der Waals surface area (Å²) in [4.78, 5) is 24.1. The first kappa shape index (κ1) is 23.1. The van der Waals surface area contributed by atoms with Crippen LogP contribution in [-0.4, -0.2) is 38.4 Å². The monoisotopic (exact) mass is 480 g/mol. The molecule has 34 heavy (non-hydrogen) atoms. The molecular weight excluding hydrogens is 460 g/mol. The number of hydrazone groups is 1. The Bertz CT molecular complexity index is 1400. The largest absolute Gasteiger partial charge is 0.493 e. The molecule has 0 fully saturated rings. The average molecular weight is 481 g/mol. The summed E-state index contributed by atoms with van der Waals surface area (Å²) in [6, 6.07) is 16.5. The second-order valence-corrected chi connectivity index (χ2v) is 7.54. The van der Waals surface area contributed by atoms with E-state index in [1.54, 1.807) is 25.1 Å².